The Morgan fingerprint density at radius 2 is 1.88 bits per heavy atom. The molecule has 1 fully saturated rings. The molecule has 2 heterocycles. The quantitative estimate of drug-likeness (QED) is 0.175. The van der Waals surface area contributed by atoms with Gasteiger partial charge in [0.05, 0.1) is 6.61 Å². The fraction of sp³-hybridized carbons (Fsp3) is 0.593. The van der Waals surface area contributed by atoms with Crippen LogP contribution in [0.1, 0.15) is 59.6 Å². The number of esters is 1. The Kier molecular flexibility index (Phi) is 11.5. The minimum absolute atomic E-state index is 0.194. The molecular formula is C27H41N4O9P. The van der Waals surface area contributed by atoms with Gasteiger partial charge in [-0.15, -0.1) is 0 Å². The van der Waals surface area contributed by atoms with Crippen molar-refractivity contribution < 1.29 is 33.0 Å². The van der Waals surface area contributed by atoms with E-state index in [0.717, 1.165) is 36.3 Å². The van der Waals surface area contributed by atoms with Crippen molar-refractivity contribution in [3.05, 3.63) is 63.4 Å². The molecule has 2 aromatic rings. The number of benzene rings is 1. The molecule has 0 saturated carbocycles. The largest absolute Gasteiger partial charge is 0.464 e. The van der Waals surface area contributed by atoms with Crippen LogP contribution in [0.3, 0.4) is 0 Å². The number of aromatic nitrogens is 2. The average Bonchev–Trinajstić information content (AvgIpc) is 3.15. The lowest BCUT2D eigenvalue weighted by Gasteiger charge is -2.30. The molecule has 1 unspecified atom stereocenters. The van der Waals surface area contributed by atoms with Gasteiger partial charge in [0.15, 0.2) is 5.72 Å². The molecular weight excluding hydrogens is 555 g/mol. The van der Waals surface area contributed by atoms with Crippen LogP contribution in [0, 0.1) is 11.8 Å². The van der Waals surface area contributed by atoms with Gasteiger partial charge in [-0.1, -0.05) is 51.8 Å². The first-order valence-electron chi connectivity index (χ1n) is 13.8. The average molecular weight is 597 g/mol. The summed E-state index contributed by atoms with van der Waals surface area (Å²) in [7, 11) is -4.31. The number of H-pyrrole nitrogens is 1. The highest BCUT2D eigenvalue weighted by atomic mass is 31.2. The number of para-hydroxylation sites is 1. The van der Waals surface area contributed by atoms with Gasteiger partial charge in [-0.25, -0.2) is 9.36 Å². The minimum atomic E-state index is -4.31. The number of aromatic amines is 1. The van der Waals surface area contributed by atoms with Crippen LogP contribution in [-0.4, -0.2) is 51.7 Å². The molecule has 41 heavy (non-hydrogen) atoms. The zero-order chi connectivity index (χ0) is 30.2. The molecule has 228 valence electrons. The molecule has 1 aromatic carbocycles. The van der Waals surface area contributed by atoms with E-state index in [1.165, 1.54) is 13.1 Å². The van der Waals surface area contributed by atoms with Crippen LogP contribution in [-0.2, 0) is 23.4 Å². The molecule has 0 bridgehead atoms. The molecule has 5 N–H and O–H groups in total. The standard InChI is InChI=1S/C27H41N4O9P/c1-5-10-20(11-6-2)16-37-25(34)19(4)30-41(36,40-21-12-8-7-9-13-21)38-17-27(28)23(33)18(3)24(39-27)31-15-14-22(32)29-26(31)35/h7-9,12-15,18-20,23-24,33H,5-6,10-11,16-17,28H2,1-4H3,(H,30,36)(H,29,32,35)/t18-,19-,23-,24+,27+,41?/m0/s1. The lowest BCUT2D eigenvalue weighted by atomic mass is 9.98. The van der Waals surface area contributed by atoms with Crippen molar-refractivity contribution in [2.24, 2.45) is 17.6 Å². The number of carbonyl (C=O) groups is 1. The van der Waals surface area contributed by atoms with Gasteiger partial charge in [0.1, 0.15) is 30.7 Å². The molecule has 1 aliphatic rings. The maximum Gasteiger partial charge on any atom is 0.459 e. The topological polar surface area (TPSA) is 184 Å². The molecule has 1 aliphatic heterocycles. The molecule has 3 rings (SSSR count). The first-order valence-corrected chi connectivity index (χ1v) is 15.4. The maximum absolute atomic E-state index is 13.9. The van der Waals surface area contributed by atoms with Gasteiger partial charge < -0.3 is 19.1 Å². The van der Waals surface area contributed by atoms with E-state index in [1.807, 2.05) is 0 Å². The van der Waals surface area contributed by atoms with Crippen molar-refractivity contribution in [3.63, 3.8) is 0 Å². The minimum Gasteiger partial charge on any atom is -0.464 e. The third-order valence-corrected chi connectivity index (χ3v) is 8.53. The van der Waals surface area contributed by atoms with Crippen LogP contribution in [0.2, 0.25) is 0 Å². The van der Waals surface area contributed by atoms with E-state index in [4.69, 9.17) is 24.3 Å². The number of ether oxygens (including phenoxy) is 2. The first-order chi connectivity index (χ1) is 19.4. The maximum atomic E-state index is 13.9. The predicted octanol–water partition coefficient (Wildman–Crippen LogP) is 2.66. The number of hydrogen-bond acceptors (Lipinski definition) is 10. The van der Waals surface area contributed by atoms with Gasteiger partial charge in [0, 0.05) is 18.2 Å². The number of aliphatic hydroxyl groups is 1. The van der Waals surface area contributed by atoms with Crippen LogP contribution in [0.25, 0.3) is 0 Å². The second-order valence-electron chi connectivity index (χ2n) is 10.4. The monoisotopic (exact) mass is 596 g/mol. The number of hydrogen-bond donors (Lipinski definition) is 4. The van der Waals surface area contributed by atoms with Crippen molar-refractivity contribution in [2.75, 3.05) is 13.2 Å². The fourth-order valence-corrected chi connectivity index (χ4v) is 6.23. The number of nitrogens with two attached hydrogens (primary N) is 1. The molecule has 0 spiro atoms. The second kappa shape index (κ2) is 14.4. The summed E-state index contributed by atoms with van der Waals surface area (Å²) in [6.45, 7) is 6.82. The Hall–Kier alpha value is -2.80. The van der Waals surface area contributed by atoms with Crippen molar-refractivity contribution >= 4 is 13.7 Å². The normalized spacial score (nSPS) is 24.6. The summed E-state index contributed by atoms with van der Waals surface area (Å²) in [5.74, 6) is -0.927. The molecule has 0 amide bonds. The Balaban J connectivity index is 1.75. The molecule has 0 aliphatic carbocycles. The van der Waals surface area contributed by atoms with Crippen molar-refractivity contribution in [2.45, 2.75) is 77.5 Å². The third kappa shape index (κ3) is 8.60. The van der Waals surface area contributed by atoms with Gasteiger partial charge in [0.2, 0.25) is 0 Å². The highest BCUT2D eigenvalue weighted by molar-refractivity contribution is 7.52. The smallest absolute Gasteiger partial charge is 0.459 e. The van der Waals surface area contributed by atoms with Crippen LogP contribution in [0.5, 0.6) is 5.75 Å². The zero-order valence-electron chi connectivity index (χ0n) is 23.9. The lowest BCUT2D eigenvalue weighted by molar-refractivity contribution is -0.147. The molecule has 1 saturated heterocycles. The highest BCUT2D eigenvalue weighted by Crippen LogP contribution is 2.47. The van der Waals surface area contributed by atoms with E-state index in [2.05, 4.69) is 23.9 Å². The van der Waals surface area contributed by atoms with Gasteiger partial charge in [-0.3, -0.25) is 29.4 Å². The fourth-order valence-electron chi connectivity index (χ4n) is 4.70. The molecule has 13 nitrogen and oxygen atoms in total. The Bertz CT molecular complexity index is 1300. The van der Waals surface area contributed by atoms with Gasteiger partial charge >= 0.3 is 19.4 Å². The van der Waals surface area contributed by atoms with Crippen molar-refractivity contribution in [1.29, 1.82) is 0 Å². The zero-order valence-corrected chi connectivity index (χ0v) is 24.8. The molecule has 14 heteroatoms. The number of nitrogens with one attached hydrogen (secondary N) is 2. The summed E-state index contributed by atoms with van der Waals surface area (Å²) >= 11 is 0. The predicted molar refractivity (Wildman–Crippen MR) is 151 cm³/mol. The lowest BCUT2D eigenvalue weighted by Crippen LogP contribution is -2.53. The van der Waals surface area contributed by atoms with Crippen LogP contribution >= 0.6 is 7.75 Å². The Morgan fingerprint density at radius 3 is 2.49 bits per heavy atom. The summed E-state index contributed by atoms with van der Waals surface area (Å²) in [4.78, 5) is 38.7. The van der Waals surface area contributed by atoms with Crippen molar-refractivity contribution in [3.8, 4) is 5.75 Å². The molecule has 1 aromatic heterocycles. The van der Waals surface area contributed by atoms with Gasteiger partial charge in [-0.2, -0.15) is 5.09 Å². The SMILES string of the molecule is CCCC(CCC)COC(=O)[C@H](C)NP(=O)(OC[C@@]1(N)O[C@@H](n2ccc(=O)[nH]c2=O)[C@@H](C)[C@@H]1O)Oc1ccccc1. The Labute approximate surface area is 238 Å². The number of carbonyl (C=O) groups excluding carboxylic acids is 1. The summed E-state index contributed by atoms with van der Waals surface area (Å²) in [6.07, 6.45) is 2.59. The second-order valence-corrected chi connectivity index (χ2v) is 12.1. The van der Waals surface area contributed by atoms with E-state index in [9.17, 15) is 24.1 Å². The number of rotatable bonds is 15. The van der Waals surface area contributed by atoms with Gasteiger partial charge in [-0.05, 0) is 37.8 Å². The van der Waals surface area contributed by atoms with Crippen molar-refractivity contribution in [1.82, 2.24) is 14.6 Å². The number of nitrogens with zero attached hydrogens (tertiary/aromatic N) is 1. The summed E-state index contributed by atoms with van der Waals surface area (Å²) in [6, 6.07) is 8.25. The van der Waals surface area contributed by atoms with Crippen LogP contribution in [0.4, 0.5) is 0 Å². The number of aliphatic hydroxyl groups excluding tert-OH is 1. The summed E-state index contributed by atoms with van der Waals surface area (Å²) in [5.41, 5.74) is 3.08. The Morgan fingerprint density at radius 1 is 1.22 bits per heavy atom. The molecule has 6 atom stereocenters. The summed E-state index contributed by atoms with van der Waals surface area (Å²) < 4.78 is 37.7. The van der Waals surface area contributed by atoms with E-state index in [-0.39, 0.29) is 18.3 Å². The van der Waals surface area contributed by atoms with Crippen LogP contribution in [0.15, 0.2) is 52.2 Å². The van der Waals surface area contributed by atoms with E-state index in [1.54, 1.807) is 37.3 Å². The van der Waals surface area contributed by atoms with Gasteiger partial charge in [0.25, 0.3) is 5.56 Å². The molecule has 0 radical (unpaired) electrons. The highest BCUT2D eigenvalue weighted by Gasteiger charge is 2.53. The van der Waals surface area contributed by atoms with E-state index in [0.29, 0.717) is 0 Å². The van der Waals surface area contributed by atoms with E-state index >= 15 is 0 Å². The third-order valence-electron chi connectivity index (χ3n) is 6.90. The van der Waals surface area contributed by atoms with Crippen LogP contribution < -0.4 is 26.6 Å². The van der Waals surface area contributed by atoms with E-state index < -0.39 is 61.6 Å². The first kappa shape index (κ1) is 32.7. The summed E-state index contributed by atoms with van der Waals surface area (Å²) in [5, 5.41) is 13.5.